The van der Waals surface area contributed by atoms with Crippen molar-refractivity contribution in [3.05, 3.63) is 34.9 Å². The van der Waals surface area contributed by atoms with Crippen LogP contribution in [0.15, 0.2) is 12.1 Å². The van der Waals surface area contributed by atoms with Crippen LogP contribution in [0.2, 0.25) is 0 Å². The zero-order chi connectivity index (χ0) is 13.0. The van der Waals surface area contributed by atoms with E-state index in [1.54, 1.807) is 7.11 Å². The number of rotatable bonds is 5. The number of ether oxygens (including phenoxy) is 1. The first-order valence-electron chi connectivity index (χ1n) is 5.62. The average Bonchev–Trinajstić information content (AvgIpc) is 2.32. The molecule has 0 spiro atoms. The van der Waals surface area contributed by atoms with Crippen LogP contribution in [0.4, 0.5) is 8.78 Å². The van der Waals surface area contributed by atoms with Gasteiger partial charge >= 0.3 is 0 Å². The van der Waals surface area contributed by atoms with Crippen LogP contribution in [0.25, 0.3) is 0 Å². The molecule has 0 heterocycles. The number of aryl methyl sites for hydroxylation is 1. The number of benzene rings is 1. The van der Waals surface area contributed by atoms with Crippen LogP contribution in [-0.2, 0) is 4.74 Å². The molecule has 0 fully saturated rings. The van der Waals surface area contributed by atoms with Gasteiger partial charge in [-0.25, -0.2) is 8.78 Å². The van der Waals surface area contributed by atoms with Crippen molar-refractivity contribution in [1.29, 1.82) is 0 Å². The molecule has 0 aliphatic heterocycles. The number of hydrogen-bond donors (Lipinski definition) is 1. The number of halogens is 2. The maximum Gasteiger partial charge on any atom is 0.164 e. The van der Waals surface area contributed by atoms with Gasteiger partial charge in [-0.1, -0.05) is 12.1 Å². The maximum atomic E-state index is 13.6. The number of aliphatic hydroxyl groups excluding tert-OH is 1. The van der Waals surface area contributed by atoms with Gasteiger partial charge in [0.2, 0.25) is 0 Å². The third-order valence-electron chi connectivity index (χ3n) is 2.91. The lowest BCUT2D eigenvalue weighted by molar-refractivity contribution is 0.0838. The molecule has 0 radical (unpaired) electrons. The van der Waals surface area contributed by atoms with Crippen molar-refractivity contribution in [2.45, 2.75) is 38.9 Å². The van der Waals surface area contributed by atoms with E-state index in [1.165, 1.54) is 19.1 Å². The van der Waals surface area contributed by atoms with E-state index in [2.05, 4.69) is 0 Å². The molecule has 1 aromatic rings. The first kappa shape index (κ1) is 14.1. The lowest BCUT2D eigenvalue weighted by Crippen LogP contribution is -2.09. The lowest BCUT2D eigenvalue weighted by Gasteiger charge is -2.15. The fourth-order valence-electron chi connectivity index (χ4n) is 1.58. The maximum absolute atomic E-state index is 13.6. The van der Waals surface area contributed by atoms with Crippen molar-refractivity contribution in [2.24, 2.45) is 0 Å². The number of hydrogen-bond acceptors (Lipinski definition) is 2. The van der Waals surface area contributed by atoms with Gasteiger partial charge in [-0.05, 0) is 32.3 Å². The average molecular weight is 244 g/mol. The molecule has 96 valence electrons. The summed E-state index contributed by atoms with van der Waals surface area (Å²) in [6.07, 6.45) is -0.0770. The summed E-state index contributed by atoms with van der Waals surface area (Å²) in [5.41, 5.74) is 0.250. The summed E-state index contributed by atoms with van der Waals surface area (Å²) >= 11 is 0. The van der Waals surface area contributed by atoms with Gasteiger partial charge in [-0.15, -0.1) is 0 Å². The minimum atomic E-state index is -0.998. The van der Waals surface area contributed by atoms with E-state index in [0.29, 0.717) is 12.8 Å². The third kappa shape index (κ3) is 3.48. The Morgan fingerprint density at radius 1 is 1.24 bits per heavy atom. The molecule has 1 aromatic carbocycles. The Balaban J connectivity index is 2.76. The highest BCUT2D eigenvalue weighted by Gasteiger charge is 2.18. The Kier molecular flexibility index (Phi) is 5.02. The van der Waals surface area contributed by atoms with Crippen molar-refractivity contribution >= 4 is 0 Å². The van der Waals surface area contributed by atoms with E-state index in [1.807, 2.05) is 6.92 Å². The molecule has 0 saturated carbocycles. The van der Waals surface area contributed by atoms with Gasteiger partial charge in [0.25, 0.3) is 0 Å². The van der Waals surface area contributed by atoms with E-state index < -0.39 is 17.7 Å². The predicted octanol–water partition coefficient (Wildman–Crippen LogP) is 3.12. The molecule has 17 heavy (non-hydrogen) atoms. The van der Waals surface area contributed by atoms with Crippen LogP contribution in [0.5, 0.6) is 0 Å². The molecule has 1 N–H and O–H groups in total. The number of methoxy groups -OCH3 is 1. The van der Waals surface area contributed by atoms with Gasteiger partial charge in [0.05, 0.1) is 12.2 Å². The Morgan fingerprint density at radius 2 is 1.88 bits per heavy atom. The van der Waals surface area contributed by atoms with E-state index >= 15 is 0 Å². The zero-order valence-electron chi connectivity index (χ0n) is 10.3. The second-order valence-electron chi connectivity index (χ2n) is 4.24. The van der Waals surface area contributed by atoms with Crippen LogP contribution in [0.1, 0.15) is 37.0 Å². The molecule has 4 heteroatoms. The van der Waals surface area contributed by atoms with Crippen molar-refractivity contribution in [2.75, 3.05) is 7.11 Å². The van der Waals surface area contributed by atoms with Crippen LogP contribution in [0.3, 0.4) is 0 Å². The largest absolute Gasteiger partial charge is 0.388 e. The quantitative estimate of drug-likeness (QED) is 0.862. The van der Waals surface area contributed by atoms with Crippen molar-refractivity contribution < 1.29 is 18.6 Å². The van der Waals surface area contributed by atoms with E-state index in [4.69, 9.17) is 4.74 Å². The van der Waals surface area contributed by atoms with Gasteiger partial charge in [-0.2, -0.15) is 0 Å². The van der Waals surface area contributed by atoms with Crippen molar-refractivity contribution in [3.63, 3.8) is 0 Å². The summed E-state index contributed by atoms with van der Waals surface area (Å²) in [6.45, 7) is 3.35. The first-order valence-corrected chi connectivity index (χ1v) is 5.62. The normalized spacial score (nSPS) is 14.7. The Bertz CT molecular complexity index is 380. The third-order valence-corrected chi connectivity index (χ3v) is 2.91. The highest BCUT2D eigenvalue weighted by atomic mass is 19.2. The molecule has 0 amide bonds. The lowest BCUT2D eigenvalue weighted by atomic mass is 10.0. The van der Waals surface area contributed by atoms with Crippen LogP contribution < -0.4 is 0 Å². The van der Waals surface area contributed by atoms with Crippen LogP contribution in [0, 0.1) is 18.6 Å². The van der Waals surface area contributed by atoms with Gasteiger partial charge < -0.3 is 9.84 Å². The van der Waals surface area contributed by atoms with E-state index in [-0.39, 0.29) is 17.2 Å². The summed E-state index contributed by atoms with van der Waals surface area (Å²) < 4.78 is 31.9. The second kappa shape index (κ2) is 6.07. The molecular formula is C13H18F2O2. The second-order valence-corrected chi connectivity index (χ2v) is 4.24. The van der Waals surface area contributed by atoms with Gasteiger partial charge in [0.1, 0.15) is 0 Å². The smallest absolute Gasteiger partial charge is 0.164 e. The summed E-state index contributed by atoms with van der Waals surface area (Å²) in [7, 11) is 1.57. The van der Waals surface area contributed by atoms with Crippen LogP contribution >= 0.6 is 0 Å². The number of aliphatic hydroxyl groups is 1. The van der Waals surface area contributed by atoms with Gasteiger partial charge in [0, 0.05) is 12.7 Å². The van der Waals surface area contributed by atoms with Crippen LogP contribution in [-0.4, -0.2) is 18.3 Å². The summed E-state index contributed by atoms with van der Waals surface area (Å²) in [5.74, 6) is -1.84. The van der Waals surface area contributed by atoms with Crippen molar-refractivity contribution in [1.82, 2.24) is 0 Å². The molecule has 2 nitrogen and oxygen atoms in total. The Morgan fingerprint density at radius 3 is 2.47 bits per heavy atom. The van der Waals surface area contributed by atoms with Gasteiger partial charge in [0.15, 0.2) is 11.6 Å². The summed E-state index contributed by atoms with van der Waals surface area (Å²) in [5, 5.41) is 9.80. The van der Waals surface area contributed by atoms with E-state index in [9.17, 15) is 13.9 Å². The highest BCUT2D eigenvalue weighted by molar-refractivity contribution is 5.26. The molecule has 0 aromatic heterocycles. The molecule has 1 rings (SSSR count). The summed E-state index contributed by atoms with van der Waals surface area (Å²) in [4.78, 5) is 0. The minimum absolute atomic E-state index is 0.0106. The highest BCUT2D eigenvalue weighted by Crippen LogP contribution is 2.25. The molecular weight excluding hydrogens is 226 g/mol. The molecule has 2 unspecified atom stereocenters. The first-order chi connectivity index (χ1) is 7.97. The molecule has 0 saturated heterocycles. The minimum Gasteiger partial charge on any atom is -0.388 e. The van der Waals surface area contributed by atoms with Crippen molar-refractivity contribution in [3.8, 4) is 0 Å². The van der Waals surface area contributed by atoms with E-state index in [0.717, 1.165) is 0 Å². The molecule has 0 bridgehead atoms. The molecule has 0 aliphatic carbocycles. The zero-order valence-corrected chi connectivity index (χ0v) is 10.3. The van der Waals surface area contributed by atoms with Gasteiger partial charge in [-0.3, -0.25) is 0 Å². The standard InChI is InChI=1S/C13H18F2O2/c1-8-4-6-10(13(15)12(8)14)11(16)7-5-9(2)17-3/h4,6,9,11,16H,5,7H2,1-3H3. The fourth-order valence-corrected chi connectivity index (χ4v) is 1.58. The Hall–Kier alpha value is -1.00. The predicted molar refractivity (Wildman–Crippen MR) is 61.8 cm³/mol. The SMILES string of the molecule is COC(C)CCC(O)c1ccc(C)c(F)c1F. The monoisotopic (exact) mass is 244 g/mol. The summed E-state index contributed by atoms with van der Waals surface area (Å²) in [6, 6.07) is 2.90. The molecule has 0 aliphatic rings. The Labute approximate surface area is 100 Å². The topological polar surface area (TPSA) is 29.5 Å². The fraction of sp³-hybridized carbons (Fsp3) is 0.538. The molecule has 2 atom stereocenters.